The van der Waals surface area contributed by atoms with Gasteiger partial charge in [0.25, 0.3) is 0 Å². The van der Waals surface area contributed by atoms with Gasteiger partial charge in [0.05, 0.1) is 11.1 Å². The Morgan fingerprint density at radius 2 is 1.05 bits per heavy atom. The molecular weight excluding hydrogens is 683 g/mol. The maximum absolute atomic E-state index is 6.74. The second-order valence-electron chi connectivity index (χ2n) is 14.8. The first-order valence-corrected chi connectivity index (χ1v) is 19.2. The summed E-state index contributed by atoms with van der Waals surface area (Å²) < 4.78 is 13.4. The zero-order chi connectivity index (χ0) is 36.8. The first kappa shape index (κ1) is 31.0. The Kier molecular flexibility index (Phi) is 6.55. The van der Waals surface area contributed by atoms with Crippen LogP contribution in [0.5, 0.6) is 11.5 Å². The van der Waals surface area contributed by atoms with Gasteiger partial charge in [-0.2, -0.15) is 0 Å². The van der Waals surface area contributed by atoms with Gasteiger partial charge in [0, 0.05) is 33.3 Å². The number of anilines is 3. The summed E-state index contributed by atoms with van der Waals surface area (Å²) in [6.45, 7) is 0. The molecule has 3 heteroatoms. The van der Waals surface area contributed by atoms with E-state index in [-0.39, 0.29) is 0 Å². The van der Waals surface area contributed by atoms with Crippen molar-refractivity contribution in [2.24, 2.45) is 0 Å². The molecule has 12 rings (SSSR count). The van der Waals surface area contributed by atoms with Crippen molar-refractivity contribution in [3.63, 3.8) is 0 Å². The number of rotatable bonds is 4. The summed E-state index contributed by atoms with van der Waals surface area (Å²) >= 11 is 0. The fourth-order valence-corrected chi connectivity index (χ4v) is 9.56. The predicted molar refractivity (Wildman–Crippen MR) is 229 cm³/mol. The highest BCUT2D eigenvalue weighted by Crippen LogP contribution is 2.63. The minimum atomic E-state index is -0.621. The maximum Gasteiger partial charge on any atom is 0.159 e. The molecule has 1 aromatic heterocycles. The Labute approximate surface area is 324 Å². The average Bonchev–Trinajstić information content (AvgIpc) is 3.79. The van der Waals surface area contributed by atoms with Gasteiger partial charge >= 0.3 is 0 Å². The van der Waals surface area contributed by atoms with E-state index in [4.69, 9.17) is 9.15 Å². The van der Waals surface area contributed by atoms with Crippen molar-refractivity contribution in [3.8, 4) is 33.8 Å². The van der Waals surface area contributed by atoms with Gasteiger partial charge in [-0.3, -0.25) is 0 Å². The molecule has 0 bridgehead atoms. The van der Waals surface area contributed by atoms with Crippen molar-refractivity contribution >= 4 is 49.8 Å². The van der Waals surface area contributed by atoms with Crippen molar-refractivity contribution < 1.29 is 9.15 Å². The van der Waals surface area contributed by atoms with Gasteiger partial charge in [-0.05, 0) is 92.7 Å². The molecule has 0 atom stereocenters. The number of hydrogen-bond acceptors (Lipinski definition) is 3. The van der Waals surface area contributed by atoms with Crippen LogP contribution in [-0.4, -0.2) is 0 Å². The minimum Gasteiger partial charge on any atom is -0.457 e. The molecule has 9 aromatic carbocycles. The number of nitrogens with zero attached hydrogens (tertiary/aromatic N) is 1. The van der Waals surface area contributed by atoms with Gasteiger partial charge in [0.15, 0.2) is 5.58 Å². The van der Waals surface area contributed by atoms with E-state index >= 15 is 0 Å². The molecule has 0 fully saturated rings. The molecule has 0 amide bonds. The van der Waals surface area contributed by atoms with Gasteiger partial charge in [0.1, 0.15) is 17.1 Å². The molecule has 1 aliphatic heterocycles. The average molecular weight is 716 g/mol. The molecule has 0 radical (unpaired) electrons. The number of fused-ring (bicyclic) bond motifs is 14. The molecule has 2 heterocycles. The number of ether oxygens (including phenoxy) is 1. The minimum absolute atomic E-state index is 0.621. The number of para-hydroxylation sites is 4. The van der Waals surface area contributed by atoms with Gasteiger partial charge in [0.2, 0.25) is 0 Å². The summed E-state index contributed by atoms with van der Waals surface area (Å²) in [6.07, 6.45) is 0. The standard InChI is InChI=1S/C53H33NO2/c1-2-13-34(14-3-1)35-25-28-37(29-26-35)54(47-21-12-18-41-40-17-6-9-22-48(40)56-52(41)47)38-30-31-42-46(33-38)53(45-32-27-36-15-4-5-16-39(36)51(42)45)43-19-7-10-23-49(43)55-50-24-11-8-20-44(50)53/h1-33H. The van der Waals surface area contributed by atoms with E-state index in [0.29, 0.717) is 0 Å². The lowest BCUT2D eigenvalue weighted by molar-refractivity contribution is 0.436. The molecule has 1 aliphatic carbocycles. The normalized spacial score (nSPS) is 13.3. The van der Waals surface area contributed by atoms with Gasteiger partial charge in [-0.1, -0.05) is 152 Å². The fraction of sp³-hybridized carbons (Fsp3) is 0.0189. The van der Waals surface area contributed by atoms with Crippen LogP contribution in [0, 0.1) is 0 Å². The molecule has 3 nitrogen and oxygen atoms in total. The smallest absolute Gasteiger partial charge is 0.159 e. The Bertz CT molecular complexity index is 3130. The topological polar surface area (TPSA) is 25.6 Å². The summed E-state index contributed by atoms with van der Waals surface area (Å²) in [5, 5.41) is 4.67. The second-order valence-corrected chi connectivity index (χ2v) is 14.8. The SMILES string of the molecule is c1ccc(-c2ccc(N(c3ccc4c(c3)C3(c5ccccc5Oc5ccccc53)c3ccc5ccccc5c3-4)c3cccc4c3oc3ccccc34)cc2)cc1. The molecule has 1 spiro atoms. The third-order valence-electron chi connectivity index (χ3n) is 11.9. The predicted octanol–water partition coefficient (Wildman–Crippen LogP) is 14.3. The summed E-state index contributed by atoms with van der Waals surface area (Å²) in [7, 11) is 0. The van der Waals surface area contributed by atoms with Crippen LogP contribution < -0.4 is 9.64 Å². The Morgan fingerprint density at radius 3 is 1.86 bits per heavy atom. The molecule has 0 unspecified atom stereocenters. The quantitative estimate of drug-likeness (QED) is 0.181. The van der Waals surface area contributed by atoms with E-state index in [9.17, 15) is 0 Å². The van der Waals surface area contributed by atoms with Crippen LogP contribution in [0.15, 0.2) is 205 Å². The van der Waals surface area contributed by atoms with Crippen LogP contribution in [-0.2, 0) is 5.41 Å². The Balaban J connectivity index is 1.17. The highest BCUT2D eigenvalue weighted by atomic mass is 16.5. The lowest BCUT2D eigenvalue weighted by atomic mass is 9.66. The lowest BCUT2D eigenvalue weighted by Gasteiger charge is -2.39. The van der Waals surface area contributed by atoms with Crippen LogP contribution in [0.3, 0.4) is 0 Å². The van der Waals surface area contributed by atoms with Gasteiger partial charge in [-0.15, -0.1) is 0 Å². The van der Waals surface area contributed by atoms with Gasteiger partial charge < -0.3 is 14.1 Å². The van der Waals surface area contributed by atoms with E-state index in [1.807, 2.05) is 6.07 Å². The van der Waals surface area contributed by atoms with Crippen LogP contribution in [0.25, 0.3) is 55.0 Å². The van der Waals surface area contributed by atoms with E-state index in [1.165, 1.54) is 44.2 Å². The van der Waals surface area contributed by atoms with E-state index in [1.54, 1.807) is 0 Å². The fourth-order valence-electron chi connectivity index (χ4n) is 9.56. The molecule has 56 heavy (non-hydrogen) atoms. The zero-order valence-electron chi connectivity index (χ0n) is 30.3. The summed E-state index contributed by atoms with van der Waals surface area (Å²) in [4.78, 5) is 2.37. The second kappa shape index (κ2) is 11.8. The van der Waals surface area contributed by atoms with Crippen molar-refractivity contribution in [2.75, 3.05) is 4.90 Å². The van der Waals surface area contributed by atoms with Crippen molar-refractivity contribution in [3.05, 3.63) is 222 Å². The number of benzene rings is 9. The summed E-state index contributed by atoms with van der Waals surface area (Å²) in [5.41, 5.74) is 13.8. The number of furan rings is 1. The Hall–Kier alpha value is -7.36. The zero-order valence-corrected chi connectivity index (χ0v) is 30.3. The van der Waals surface area contributed by atoms with E-state index < -0.39 is 5.41 Å². The molecule has 10 aromatic rings. The molecule has 0 N–H and O–H groups in total. The third kappa shape index (κ3) is 4.28. The molecule has 2 aliphatic rings. The molecular formula is C53H33NO2. The maximum atomic E-state index is 6.74. The van der Waals surface area contributed by atoms with Crippen LogP contribution >= 0.6 is 0 Å². The molecule has 262 valence electrons. The van der Waals surface area contributed by atoms with E-state index in [2.05, 4.69) is 199 Å². The monoisotopic (exact) mass is 715 g/mol. The summed E-state index contributed by atoms with van der Waals surface area (Å²) in [6, 6.07) is 71.9. The van der Waals surface area contributed by atoms with Crippen molar-refractivity contribution in [1.82, 2.24) is 0 Å². The van der Waals surface area contributed by atoms with Crippen LogP contribution in [0.1, 0.15) is 22.3 Å². The first-order chi connectivity index (χ1) is 27.8. The van der Waals surface area contributed by atoms with Crippen molar-refractivity contribution in [1.29, 1.82) is 0 Å². The highest BCUT2D eigenvalue weighted by molar-refractivity contribution is 6.11. The van der Waals surface area contributed by atoms with Crippen LogP contribution in [0.2, 0.25) is 0 Å². The lowest BCUT2D eigenvalue weighted by Crippen LogP contribution is -2.32. The van der Waals surface area contributed by atoms with E-state index in [0.717, 1.165) is 61.6 Å². The van der Waals surface area contributed by atoms with Gasteiger partial charge in [-0.25, -0.2) is 0 Å². The highest BCUT2D eigenvalue weighted by Gasteiger charge is 2.51. The molecule has 0 saturated carbocycles. The molecule has 0 saturated heterocycles. The Morgan fingerprint density at radius 1 is 0.411 bits per heavy atom. The summed E-state index contributed by atoms with van der Waals surface area (Å²) in [5.74, 6) is 1.76. The largest absolute Gasteiger partial charge is 0.457 e. The number of hydrogen-bond donors (Lipinski definition) is 0. The third-order valence-corrected chi connectivity index (χ3v) is 11.9. The van der Waals surface area contributed by atoms with Crippen molar-refractivity contribution in [2.45, 2.75) is 5.41 Å². The first-order valence-electron chi connectivity index (χ1n) is 19.2. The van der Waals surface area contributed by atoms with Crippen LogP contribution in [0.4, 0.5) is 17.1 Å².